The molecular formula is C18H17N5O3. The van der Waals surface area contributed by atoms with Gasteiger partial charge in [-0.05, 0) is 0 Å². The Bertz CT molecular complexity index is 853. The number of benzene rings is 1. The summed E-state index contributed by atoms with van der Waals surface area (Å²) in [6.45, 7) is 0.940. The zero-order valence-corrected chi connectivity index (χ0v) is 14.0. The number of aromatic nitrogens is 2. The Morgan fingerprint density at radius 2 is 1.81 bits per heavy atom. The van der Waals surface area contributed by atoms with Crippen molar-refractivity contribution < 1.29 is 14.4 Å². The number of nitrogens with zero attached hydrogens (tertiary/aromatic N) is 4. The second kappa shape index (κ2) is 6.55. The highest BCUT2D eigenvalue weighted by atomic mass is 16.2. The molecule has 1 N–H and O–H groups in total. The molecule has 1 atom stereocenters. The number of hydrogen-bond donors (Lipinski definition) is 1. The van der Waals surface area contributed by atoms with Crippen molar-refractivity contribution in [2.45, 2.75) is 6.04 Å². The van der Waals surface area contributed by atoms with Crippen LogP contribution in [0.1, 0.15) is 10.4 Å². The van der Waals surface area contributed by atoms with Crippen LogP contribution in [0.25, 0.3) is 11.4 Å². The molecule has 132 valence electrons. The van der Waals surface area contributed by atoms with Gasteiger partial charge in [-0.3, -0.25) is 14.4 Å². The van der Waals surface area contributed by atoms with E-state index in [0.29, 0.717) is 24.5 Å². The van der Waals surface area contributed by atoms with Gasteiger partial charge in [-0.15, -0.1) is 0 Å². The van der Waals surface area contributed by atoms with E-state index in [2.05, 4.69) is 15.3 Å². The molecule has 0 aliphatic carbocycles. The molecule has 0 radical (unpaired) electrons. The second-order valence-corrected chi connectivity index (χ2v) is 6.23. The first-order valence-corrected chi connectivity index (χ1v) is 8.37. The van der Waals surface area contributed by atoms with Crippen LogP contribution in [-0.4, -0.2) is 69.7 Å². The molecule has 2 aromatic rings. The zero-order chi connectivity index (χ0) is 18.1. The van der Waals surface area contributed by atoms with E-state index >= 15 is 0 Å². The predicted molar refractivity (Wildman–Crippen MR) is 91.9 cm³/mol. The summed E-state index contributed by atoms with van der Waals surface area (Å²) in [5.41, 5.74) is 1.23. The van der Waals surface area contributed by atoms with Gasteiger partial charge in [0.25, 0.3) is 5.91 Å². The van der Waals surface area contributed by atoms with Crippen molar-refractivity contribution >= 4 is 17.7 Å². The highest BCUT2D eigenvalue weighted by Crippen LogP contribution is 2.17. The molecule has 1 aromatic carbocycles. The Morgan fingerprint density at radius 3 is 2.54 bits per heavy atom. The SMILES string of the molecule is O=C1NCC(=O)N2CCN(C(=O)c3cnc(-c4ccccc4)nc3)CC12. The van der Waals surface area contributed by atoms with Gasteiger partial charge in [-0.1, -0.05) is 30.3 Å². The van der Waals surface area contributed by atoms with Gasteiger partial charge >= 0.3 is 0 Å². The number of hydrogen-bond acceptors (Lipinski definition) is 5. The Kier molecular flexibility index (Phi) is 4.08. The van der Waals surface area contributed by atoms with Crippen LogP contribution in [0.15, 0.2) is 42.7 Å². The number of rotatable bonds is 2. The van der Waals surface area contributed by atoms with Gasteiger partial charge < -0.3 is 15.1 Å². The summed E-state index contributed by atoms with van der Waals surface area (Å²) < 4.78 is 0. The molecule has 2 aliphatic heterocycles. The van der Waals surface area contributed by atoms with E-state index in [0.717, 1.165) is 5.56 Å². The van der Waals surface area contributed by atoms with E-state index in [1.54, 1.807) is 4.90 Å². The third-order valence-electron chi connectivity index (χ3n) is 4.64. The highest BCUT2D eigenvalue weighted by molar-refractivity contribution is 5.97. The summed E-state index contributed by atoms with van der Waals surface area (Å²) in [4.78, 5) is 48.3. The molecule has 26 heavy (non-hydrogen) atoms. The molecule has 0 bridgehead atoms. The van der Waals surface area contributed by atoms with Crippen LogP contribution in [0.3, 0.4) is 0 Å². The van der Waals surface area contributed by atoms with Gasteiger partial charge in [0, 0.05) is 31.0 Å². The van der Waals surface area contributed by atoms with Crippen LogP contribution in [0.5, 0.6) is 0 Å². The van der Waals surface area contributed by atoms with Crippen molar-refractivity contribution in [2.75, 3.05) is 26.2 Å². The lowest BCUT2D eigenvalue weighted by atomic mass is 10.1. The maximum absolute atomic E-state index is 12.7. The van der Waals surface area contributed by atoms with Crippen LogP contribution < -0.4 is 5.32 Å². The van der Waals surface area contributed by atoms with E-state index in [1.807, 2.05) is 30.3 Å². The molecule has 2 saturated heterocycles. The second-order valence-electron chi connectivity index (χ2n) is 6.23. The van der Waals surface area contributed by atoms with Crippen molar-refractivity contribution in [1.82, 2.24) is 25.1 Å². The fourth-order valence-corrected chi connectivity index (χ4v) is 3.23. The molecule has 2 fully saturated rings. The van der Waals surface area contributed by atoms with E-state index in [-0.39, 0.29) is 30.8 Å². The van der Waals surface area contributed by atoms with Gasteiger partial charge in [0.05, 0.1) is 18.7 Å². The van der Waals surface area contributed by atoms with Gasteiger partial charge in [0.15, 0.2) is 5.82 Å². The van der Waals surface area contributed by atoms with E-state index < -0.39 is 6.04 Å². The monoisotopic (exact) mass is 351 g/mol. The maximum Gasteiger partial charge on any atom is 0.257 e. The number of fused-ring (bicyclic) bond motifs is 1. The number of piperazine rings is 2. The van der Waals surface area contributed by atoms with Gasteiger partial charge in [-0.2, -0.15) is 0 Å². The molecule has 3 heterocycles. The number of carbonyl (C=O) groups is 3. The molecule has 8 heteroatoms. The number of carbonyl (C=O) groups excluding carboxylic acids is 3. The normalized spacial score (nSPS) is 19.8. The molecule has 2 aliphatic rings. The Balaban J connectivity index is 1.49. The zero-order valence-electron chi connectivity index (χ0n) is 14.0. The first kappa shape index (κ1) is 16.2. The van der Waals surface area contributed by atoms with Crippen LogP contribution in [-0.2, 0) is 9.59 Å². The standard InChI is InChI=1S/C18H17N5O3/c24-15-10-21-17(25)14-11-22(6-7-23(14)15)18(26)13-8-19-16(20-9-13)12-4-2-1-3-5-12/h1-5,8-9,14H,6-7,10-11H2,(H,21,25). The minimum absolute atomic E-state index is 0.0259. The Hall–Kier alpha value is -3.29. The maximum atomic E-state index is 12.7. The molecule has 0 saturated carbocycles. The molecule has 3 amide bonds. The lowest BCUT2D eigenvalue weighted by Crippen LogP contribution is -2.66. The third-order valence-corrected chi connectivity index (χ3v) is 4.64. The molecule has 0 spiro atoms. The Morgan fingerprint density at radius 1 is 1.08 bits per heavy atom. The van der Waals surface area contributed by atoms with Crippen molar-refractivity contribution in [1.29, 1.82) is 0 Å². The lowest BCUT2D eigenvalue weighted by molar-refractivity contribution is -0.148. The van der Waals surface area contributed by atoms with Crippen molar-refractivity contribution in [3.63, 3.8) is 0 Å². The first-order chi connectivity index (χ1) is 12.6. The van der Waals surface area contributed by atoms with Crippen molar-refractivity contribution in [3.05, 3.63) is 48.3 Å². The minimum atomic E-state index is -0.626. The average Bonchev–Trinajstić information content (AvgIpc) is 2.71. The summed E-state index contributed by atoms with van der Waals surface area (Å²) in [5, 5.41) is 2.56. The molecule has 8 nitrogen and oxygen atoms in total. The van der Waals surface area contributed by atoms with Crippen LogP contribution in [0, 0.1) is 0 Å². The quantitative estimate of drug-likeness (QED) is 0.817. The van der Waals surface area contributed by atoms with Crippen molar-refractivity contribution in [2.24, 2.45) is 0 Å². The topological polar surface area (TPSA) is 95.5 Å². The van der Waals surface area contributed by atoms with Crippen molar-refractivity contribution in [3.8, 4) is 11.4 Å². The van der Waals surface area contributed by atoms with E-state index in [9.17, 15) is 14.4 Å². The van der Waals surface area contributed by atoms with Gasteiger partial charge in [-0.25, -0.2) is 9.97 Å². The molecular weight excluding hydrogens is 334 g/mol. The third kappa shape index (κ3) is 2.90. The van der Waals surface area contributed by atoms with Gasteiger partial charge in [0.1, 0.15) is 6.04 Å². The summed E-state index contributed by atoms with van der Waals surface area (Å²) >= 11 is 0. The highest BCUT2D eigenvalue weighted by Gasteiger charge is 2.40. The molecule has 1 aromatic heterocycles. The smallest absolute Gasteiger partial charge is 0.257 e. The summed E-state index contributed by atoms with van der Waals surface area (Å²) in [7, 11) is 0. The fourth-order valence-electron chi connectivity index (χ4n) is 3.23. The van der Waals surface area contributed by atoms with Gasteiger partial charge in [0.2, 0.25) is 11.8 Å². The summed E-state index contributed by atoms with van der Waals surface area (Å²) in [5.74, 6) is -0.0330. The van der Waals surface area contributed by atoms with E-state index in [4.69, 9.17) is 0 Å². The minimum Gasteiger partial charge on any atom is -0.345 e. The largest absolute Gasteiger partial charge is 0.345 e. The van der Waals surface area contributed by atoms with E-state index in [1.165, 1.54) is 17.3 Å². The number of amides is 3. The van der Waals surface area contributed by atoms with Crippen LogP contribution in [0.2, 0.25) is 0 Å². The first-order valence-electron chi connectivity index (χ1n) is 8.37. The fraction of sp³-hybridized carbons (Fsp3) is 0.278. The Labute approximate surface area is 149 Å². The number of nitrogens with one attached hydrogen (secondary N) is 1. The summed E-state index contributed by atoms with van der Waals surface area (Å²) in [6, 6.07) is 8.87. The predicted octanol–water partition coefficient (Wildman–Crippen LogP) is -0.0736. The summed E-state index contributed by atoms with van der Waals surface area (Å²) in [6.07, 6.45) is 2.99. The lowest BCUT2D eigenvalue weighted by Gasteiger charge is -2.42. The van der Waals surface area contributed by atoms with Crippen LogP contribution >= 0.6 is 0 Å². The average molecular weight is 351 g/mol. The van der Waals surface area contributed by atoms with Crippen LogP contribution in [0.4, 0.5) is 0 Å². The molecule has 1 unspecified atom stereocenters. The molecule has 4 rings (SSSR count).